The van der Waals surface area contributed by atoms with E-state index in [0.29, 0.717) is 11.7 Å². The second kappa shape index (κ2) is 6.73. The van der Waals surface area contributed by atoms with E-state index in [1.807, 2.05) is 31.2 Å². The van der Waals surface area contributed by atoms with Crippen LogP contribution in [0.1, 0.15) is 11.1 Å². The monoisotopic (exact) mass is 285 g/mol. The zero-order chi connectivity index (χ0) is 14.4. The molecule has 0 aliphatic heterocycles. The van der Waals surface area contributed by atoms with Crippen LogP contribution in [-0.4, -0.2) is 22.5 Å². The van der Waals surface area contributed by atoms with Gasteiger partial charge in [0.15, 0.2) is 5.13 Å². The highest BCUT2D eigenvalue weighted by Crippen LogP contribution is 2.13. The number of hydrogen-bond acceptors (Lipinski definition) is 3. The van der Waals surface area contributed by atoms with Crippen molar-refractivity contribution >= 4 is 22.5 Å². The van der Waals surface area contributed by atoms with Crippen LogP contribution in [0.25, 0.3) is 0 Å². The summed E-state index contributed by atoms with van der Waals surface area (Å²) in [6.45, 7) is 2.75. The van der Waals surface area contributed by atoms with Crippen molar-refractivity contribution in [1.82, 2.24) is 9.88 Å². The van der Waals surface area contributed by atoms with Gasteiger partial charge in [-0.2, -0.15) is 0 Å². The van der Waals surface area contributed by atoms with Crippen LogP contribution in [0.15, 0.2) is 35.8 Å². The molecule has 0 saturated heterocycles. The molecule has 2 amide bonds. The maximum Gasteiger partial charge on any atom is 0.324 e. The molecule has 1 heterocycles. The largest absolute Gasteiger partial charge is 0.324 e. The first-order valence-electron chi connectivity index (χ1n) is 6.13. The molecule has 0 aliphatic carbocycles. The lowest BCUT2D eigenvalue weighted by atomic mass is 10.1. The SMILES string of the molecule is C#CCN(Cc1ccc(C)cc1)C(=O)Nc1nccs1. The summed E-state index contributed by atoms with van der Waals surface area (Å²) in [7, 11) is 0. The Morgan fingerprint density at radius 3 is 2.80 bits per heavy atom. The second-order valence-electron chi connectivity index (χ2n) is 4.31. The van der Waals surface area contributed by atoms with Gasteiger partial charge in [-0.1, -0.05) is 35.7 Å². The average molecular weight is 285 g/mol. The summed E-state index contributed by atoms with van der Waals surface area (Å²) in [5.74, 6) is 2.51. The van der Waals surface area contributed by atoms with Gasteiger partial charge < -0.3 is 4.90 Å². The molecule has 2 rings (SSSR count). The van der Waals surface area contributed by atoms with Gasteiger partial charge in [-0.15, -0.1) is 17.8 Å². The summed E-state index contributed by atoms with van der Waals surface area (Å²) >= 11 is 1.37. The Labute approximate surface area is 122 Å². The molecule has 0 saturated carbocycles. The molecular weight excluding hydrogens is 270 g/mol. The van der Waals surface area contributed by atoms with Crippen LogP contribution >= 0.6 is 11.3 Å². The molecule has 0 atom stereocenters. The van der Waals surface area contributed by atoms with Gasteiger partial charge >= 0.3 is 6.03 Å². The van der Waals surface area contributed by atoms with Gasteiger partial charge in [-0.25, -0.2) is 9.78 Å². The van der Waals surface area contributed by atoms with Crippen molar-refractivity contribution < 1.29 is 4.79 Å². The lowest BCUT2D eigenvalue weighted by molar-refractivity contribution is 0.216. The second-order valence-corrected chi connectivity index (χ2v) is 5.21. The van der Waals surface area contributed by atoms with E-state index in [0.717, 1.165) is 5.56 Å². The molecule has 0 bridgehead atoms. The molecular formula is C15H15N3OS. The highest BCUT2D eigenvalue weighted by atomic mass is 32.1. The molecule has 0 aliphatic rings. The first-order chi connectivity index (χ1) is 9.69. The zero-order valence-electron chi connectivity index (χ0n) is 11.2. The Morgan fingerprint density at radius 1 is 1.45 bits per heavy atom. The fraction of sp³-hybridized carbons (Fsp3) is 0.200. The maximum atomic E-state index is 12.2. The molecule has 102 valence electrons. The van der Waals surface area contributed by atoms with Crippen molar-refractivity contribution in [3.05, 3.63) is 47.0 Å². The standard InChI is InChI=1S/C15H15N3OS/c1-3-9-18(11-13-6-4-12(2)5-7-13)15(19)17-14-16-8-10-20-14/h1,4-8,10H,9,11H2,2H3,(H,16,17,19). The van der Waals surface area contributed by atoms with Gasteiger partial charge in [0.05, 0.1) is 6.54 Å². The number of terminal acetylenes is 1. The highest BCUT2D eigenvalue weighted by molar-refractivity contribution is 7.13. The Bertz CT molecular complexity index is 599. The van der Waals surface area contributed by atoms with Crippen LogP contribution in [-0.2, 0) is 6.54 Å². The topological polar surface area (TPSA) is 45.2 Å². The molecule has 0 spiro atoms. The number of amides is 2. The normalized spacial score (nSPS) is 9.80. The van der Waals surface area contributed by atoms with Crippen LogP contribution in [0.5, 0.6) is 0 Å². The number of carbonyl (C=O) groups excluding carboxylic acids is 1. The summed E-state index contributed by atoms with van der Waals surface area (Å²) in [5.41, 5.74) is 2.23. The number of urea groups is 1. The zero-order valence-corrected chi connectivity index (χ0v) is 12.0. The van der Waals surface area contributed by atoms with Crippen molar-refractivity contribution in [1.29, 1.82) is 0 Å². The van der Waals surface area contributed by atoms with E-state index < -0.39 is 0 Å². The van der Waals surface area contributed by atoms with Crippen LogP contribution in [0.2, 0.25) is 0 Å². The fourth-order valence-electron chi connectivity index (χ4n) is 1.68. The molecule has 20 heavy (non-hydrogen) atoms. The smallest absolute Gasteiger partial charge is 0.309 e. The van der Waals surface area contributed by atoms with Gasteiger partial charge in [0.1, 0.15) is 0 Å². The first-order valence-corrected chi connectivity index (χ1v) is 7.01. The third-order valence-corrected chi connectivity index (χ3v) is 3.40. The van der Waals surface area contributed by atoms with E-state index in [1.165, 1.54) is 16.9 Å². The summed E-state index contributed by atoms with van der Waals surface area (Å²) in [6, 6.07) is 7.79. The van der Waals surface area contributed by atoms with Crippen molar-refractivity contribution in [3.63, 3.8) is 0 Å². The van der Waals surface area contributed by atoms with Gasteiger partial charge in [0, 0.05) is 18.1 Å². The summed E-state index contributed by atoms with van der Waals surface area (Å²) < 4.78 is 0. The first kappa shape index (κ1) is 14.1. The van der Waals surface area contributed by atoms with Gasteiger partial charge in [-0.05, 0) is 12.5 Å². The van der Waals surface area contributed by atoms with Gasteiger partial charge in [-0.3, -0.25) is 5.32 Å². The molecule has 0 radical (unpaired) electrons. The van der Waals surface area contributed by atoms with E-state index in [1.54, 1.807) is 16.5 Å². The molecule has 5 heteroatoms. The minimum atomic E-state index is -0.238. The molecule has 2 aromatic rings. The van der Waals surface area contributed by atoms with E-state index in [2.05, 4.69) is 16.2 Å². The van der Waals surface area contributed by atoms with Crippen LogP contribution in [0.4, 0.5) is 9.93 Å². The van der Waals surface area contributed by atoms with Crippen LogP contribution in [0.3, 0.4) is 0 Å². The van der Waals surface area contributed by atoms with Gasteiger partial charge in [0.2, 0.25) is 0 Å². The number of carbonyl (C=O) groups is 1. The van der Waals surface area contributed by atoms with Crippen LogP contribution in [0, 0.1) is 19.3 Å². The molecule has 0 fully saturated rings. The van der Waals surface area contributed by atoms with Crippen molar-refractivity contribution in [2.45, 2.75) is 13.5 Å². The quantitative estimate of drug-likeness (QED) is 0.877. The van der Waals surface area contributed by atoms with Crippen LogP contribution < -0.4 is 5.32 Å². The van der Waals surface area contributed by atoms with Crippen molar-refractivity contribution in [2.75, 3.05) is 11.9 Å². The molecule has 1 aromatic carbocycles. The number of nitrogens with zero attached hydrogens (tertiary/aromatic N) is 2. The number of nitrogens with one attached hydrogen (secondary N) is 1. The predicted octanol–water partition coefficient (Wildman–Crippen LogP) is 3.12. The molecule has 1 aromatic heterocycles. The molecule has 1 N–H and O–H groups in total. The van der Waals surface area contributed by atoms with E-state index in [4.69, 9.17) is 6.42 Å². The lowest BCUT2D eigenvalue weighted by Gasteiger charge is -2.20. The number of aryl methyl sites for hydroxylation is 1. The van der Waals surface area contributed by atoms with E-state index in [-0.39, 0.29) is 12.6 Å². The molecule has 0 unspecified atom stereocenters. The summed E-state index contributed by atoms with van der Waals surface area (Å²) in [6.07, 6.45) is 6.98. The van der Waals surface area contributed by atoms with Gasteiger partial charge in [0.25, 0.3) is 0 Å². The highest BCUT2D eigenvalue weighted by Gasteiger charge is 2.14. The Balaban J connectivity index is 2.04. The number of thiazole rings is 1. The maximum absolute atomic E-state index is 12.2. The minimum absolute atomic E-state index is 0.238. The number of aromatic nitrogens is 1. The number of anilines is 1. The Kier molecular flexibility index (Phi) is 4.75. The van der Waals surface area contributed by atoms with E-state index in [9.17, 15) is 4.79 Å². The number of benzene rings is 1. The Hall–Kier alpha value is -2.32. The van der Waals surface area contributed by atoms with Crippen molar-refractivity contribution in [3.8, 4) is 12.3 Å². The lowest BCUT2D eigenvalue weighted by Crippen LogP contribution is -2.34. The Morgan fingerprint density at radius 2 is 2.20 bits per heavy atom. The summed E-state index contributed by atoms with van der Waals surface area (Å²) in [4.78, 5) is 17.8. The average Bonchev–Trinajstić information content (AvgIpc) is 2.93. The van der Waals surface area contributed by atoms with Crippen molar-refractivity contribution in [2.24, 2.45) is 0 Å². The minimum Gasteiger partial charge on any atom is -0.309 e. The fourth-order valence-corrected chi connectivity index (χ4v) is 2.20. The summed E-state index contributed by atoms with van der Waals surface area (Å²) in [5, 5.41) is 5.11. The number of hydrogen-bond donors (Lipinski definition) is 1. The molecule has 4 nitrogen and oxygen atoms in total. The predicted molar refractivity (Wildman–Crippen MR) is 81.6 cm³/mol. The third kappa shape index (κ3) is 3.84. The van der Waals surface area contributed by atoms with E-state index >= 15 is 0 Å². The number of rotatable bonds is 4. The third-order valence-electron chi connectivity index (χ3n) is 2.71.